The van der Waals surface area contributed by atoms with Crippen LogP contribution in [-0.2, 0) is 9.53 Å². The number of rotatable bonds is 3. The van der Waals surface area contributed by atoms with Crippen molar-refractivity contribution in [1.82, 2.24) is 0 Å². The summed E-state index contributed by atoms with van der Waals surface area (Å²) < 4.78 is 27.4. The number of esters is 1. The van der Waals surface area contributed by atoms with Crippen LogP contribution in [-0.4, -0.2) is 25.0 Å². The van der Waals surface area contributed by atoms with Crippen LogP contribution in [0, 0.1) is 0 Å². The van der Waals surface area contributed by atoms with E-state index in [2.05, 4.69) is 4.74 Å². The molecule has 0 aromatic carbocycles. The molecule has 2 N–H and O–H groups in total. The third kappa shape index (κ3) is 4.92. The number of hydrogen-bond acceptors (Lipinski definition) is 3. The van der Waals surface area contributed by atoms with E-state index in [1.54, 1.807) is 0 Å². The number of nitrogens with two attached hydrogens (primary N) is 1. The van der Waals surface area contributed by atoms with Gasteiger partial charge in [0.15, 0.2) is 6.04 Å². The zero-order chi connectivity index (χ0) is 8.15. The molecule has 1 unspecified atom stereocenters. The Morgan fingerprint density at radius 2 is 2.09 bits per heavy atom. The van der Waals surface area contributed by atoms with E-state index in [0.717, 1.165) is 0 Å². The van der Waals surface area contributed by atoms with Gasteiger partial charge in [-0.05, 0) is 6.92 Å². The molecule has 0 heterocycles. The number of carbonyl (C=O) groups is 1. The zero-order valence-electron chi connectivity index (χ0n) is 5.92. The van der Waals surface area contributed by atoms with Gasteiger partial charge in [-0.25, -0.2) is 8.78 Å². The van der Waals surface area contributed by atoms with E-state index >= 15 is 0 Å². The summed E-state index contributed by atoms with van der Waals surface area (Å²) in [5.41, 5.74) is 4.72. The molecule has 3 nitrogen and oxygen atoms in total. The molecule has 0 amide bonds. The van der Waals surface area contributed by atoms with Crippen LogP contribution in [0.5, 0.6) is 0 Å². The van der Waals surface area contributed by atoms with Crippen LogP contribution in [0.25, 0.3) is 0 Å². The lowest BCUT2D eigenvalue weighted by atomic mass is 10.3. The highest BCUT2D eigenvalue weighted by atomic mass is 35.5. The Hall–Kier alpha value is -0.420. The molecule has 0 saturated heterocycles. The molecule has 0 spiro atoms. The fraction of sp³-hybridized carbons (Fsp3) is 0.800. The van der Waals surface area contributed by atoms with E-state index in [1.165, 1.54) is 6.92 Å². The molecular formula is C5H10ClF2NO2. The summed E-state index contributed by atoms with van der Waals surface area (Å²) in [5, 5.41) is 0. The molecule has 11 heavy (non-hydrogen) atoms. The van der Waals surface area contributed by atoms with Crippen molar-refractivity contribution in [2.75, 3.05) is 6.61 Å². The molecule has 0 fully saturated rings. The minimum atomic E-state index is -2.85. The predicted molar refractivity (Wildman–Crippen MR) is 37.9 cm³/mol. The Bertz CT molecular complexity index is 123. The maximum absolute atomic E-state index is 11.6. The van der Waals surface area contributed by atoms with Crippen molar-refractivity contribution < 1.29 is 18.3 Å². The standard InChI is InChI=1S/C5H9F2NO2.ClH/c1-2-10-5(9)3(8)4(6)7;/h3-4H,2,8H2,1H3;1H. The summed E-state index contributed by atoms with van der Waals surface area (Å²) in [7, 11) is 0. The Labute approximate surface area is 69.3 Å². The maximum Gasteiger partial charge on any atom is 0.328 e. The van der Waals surface area contributed by atoms with Gasteiger partial charge in [0.25, 0.3) is 6.43 Å². The van der Waals surface area contributed by atoms with Crippen molar-refractivity contribution in [2.24, 2.45) is 5.73 Å². The first kappa shape index (κ1) is 13.2. The van der Waals surface area contributed by atoms with E-state index in [9.17, 15) is 13.6 Å². The highest BCUT2D eigenvalue weighted by Crippen LogP contribution is 1.99. The second-order valence-corrected chi connectivity index (χ2v) is 1.61. The van der Waals surface area contributed by atoms with E-state index in [0.29, 0.717) is 0 Å². The second-order valence-electron chi connectivity index (χ2n) is 1.61. The molecule has 0 aliphatic carbocycles. The van der Waals surface area contributed by atoms with Crippen LogP contribution in [0.15, 0.2) is 0 Å². The fourth-order valence-electron chi connectivity index (χ4n) is 0.341. The third-order valence-corrected chi connectivity index (χ3v) is 0.830. The van der Waals surface area contributed by atoms with Gasteiger partial charge in [0.05, 0.1) is 6.61 Å². The smallest absolute Gasteiger partial charge is 0.328 e. The van der Waals surface area contributed by atoms with Gasteiger partial charge in [0.2, 0.25) is 0 Å². The Kier molecular flexibility index (Phi) is 7.55. The van der Waals surface area contributed by atoms with Crippen molar-refractivity contribution in [3.8, 4) is 0 Å². The summed E-state index contributed by atoms with van der Waals surface area (Å²) in [6.07, 6.45) is -2.85. The molecular weight excluding hydrogens is 180 g/mol. The van der Waals surface area contributed by atoms with E-state index < -0.39 is 18.4 Å². The van der Waals surface area contributed by atoms with Crippen molar-refractivity contribution >= 4 is 18.4 Å². The average Bonchev–Trinajstić information content (AvgIpc) is 1.87. The highest BCUT2D eigenvalue weighted by Gasteiger charge is 2.24. The molecule has 68 valence electrons. The normalized spacial score (nSPS) is 12.1. The number of halogens is 3. The third-order valence-electron chi connectivity index (χ3n) is 0.830. The van der Waals surface area contributed by atoms with Crippen LogP contribution in [0.1, 0.15) is 6.92 Å². The summed E-state index contributed by atoms with van der Waals surface area (Å²) in [6.45, 7) is 1.59. The van der Waals surface area contributed by atoms with E-state index in [4.69, 9.17) is 5.73 Å². The number of ether oxygens (including phenoxy) is 1. The molecule has 6 heteroatoms. The van der Waals surface area contributed by atoms with Gasteiger partial charge < -0.3 is 10.5 Å². The first-order chi connectivity index (χ1) is 4.59. The van der Waals surface area contributed by atoms with Crippen LogP contribution in [0.2, 0.25) is 0 Å². The van der Waals surface area contributed by atoms with Gasteiger partial charge in [0.1, 0.15) is 0 Å². The number of hydrogen-bond donors (Lipinski definition) is 1. The molecule has 0 aromatic rings. The minimum Gasteiger partial charge on any atom is -0.465 e. The van der Waals surface area contributed by atoms with E-state index in [1.807, 2.05) is 0 Å². The van der Waals surface area contributed by atoms with Crippen LogP contribution in [0.3, 0.4) is 0 Å². The molecule has 0 saturated carbocycles. The Balaban J connectivity index is 0. The lowest BCUT2D eigenvalue weighted by Gasteiger charge is -2.07. The molecule has 0 radical (unpaired) electrons. The fourth-order valence-corrected chi connectivity index (χ4v) is 0.341. The molecule has 0 aliphatic heterocycles. The van der Waals surface area contributed by atoms with Gasteiger partial charge >= 0.3 is 5.97 Å². The van der Waals surface area contributed by atoms with Crippen LogP contribution < -0.4 is 5.73 Å². The molecule has 0 aliphatic rings. The maximum atomic E-state index is 11.6. The Morgan fingerprint density at radius 3 is 2.36 bits per heavy atom. The van der Waals surface area contributed by atoms with Gasteiger partial charge in [-0.1, -0.05) is 0 Å². The topological polar surface area (TPSA) is 52.3 Å². The number of carbonyl (C=O) groups excluding carboxylic acids is 1. The predicted octanol–water partition coefficient (Wildman–Crippen LogP) is 0.564. The minimum absolute atomic E-state index is 0. The zero-order valence-corrected chi connectivity index (χ0v) is 6.74. The van der Waals surface area contributed by atoms with Crippen molar-refractivity contribution in [3.05, 3.63) is 0 Å². The van der Waals surface area contributed by atoms with Gasteiger partial charge in [-0.2, -0.15) is 0 Å². The quantitative estimate of drug-likeness (QED) is 0.661. The lowest BCUT2D eigenvalue weighted by molar-refractivity contribution is -0.148. The molecule has 1 atom stereocenters. The van der Waals surface area contributed by atoms with Crippen molar-refractivity contribution in [3.63, 3.8) is 0 Å². The van der Waals surface area contributed by atoms with Crippen LogP contribution in [0.4, 0.5) is 8.78 Å². The SMILES string of the molecule is CCOC(=O)C(N)C(F)F.Cl. The number of alkyl halides is 2. The lowest BCUT2D eigenvalue weighted by Crippen LogP contribution is -2.38. The molecule has 0 aromatic heterocycles. The van der Waals surface area contributed by atoms with Crippen molar-refractivity contribution in [1.29, 1.82) is 0 Å². The second kappa shape index (κ2) is 6.30. The summed E-state index contributed by atoms with van der Waals surface area (Å²) in [6, 6.07) is -1.81. The van der Waals surface area contributed by atoms with Crippen LogP contribution >= 0.6 is 12.4 Å². The van der Waals surface area contributed by atoms with Gasteiger partial charge in [0, 0.05) is 0 Å². The highest BCUT2D eigenvalue weighted by molar-refractivity contribution is 5.85. The van der Waals surface area contributed by atoms with Gasteiger partial charge in [-0.3, -0.25) is 4.79 Å². The first-order valence-electron chi connectivity index (χ1n) is 2.80. The molecule has 0 bridgehead atoms. The summed E-state index contributed by atoms with van der Waals surface area (Å²) in [5.74, 6) is -1.06. The summed E-state index contributed by atoms with van der Waals surface area (Å²) >= 11 is 0. The largest absolute Gasteiger partial charge is 0.465 e. The first-order valence-corrected chi connectivity index (χ1v) is 2.80. The Morgan fingerprint density at radius 1 is 1.64 bits per heavy atom. The van der Waals surface area contributed by atoms with Crippen molar-refractivity contribution in [2.45, 2.75) is 19.4 Å². The molecule has 0 rings (SSSR count). The van der Waals surface area contributed by atoms with E-state index in [-0.39, 0.29) is 19.0 Å². The van der Waals surface area contributed by atoms with Gasteiger partial charge in [-0.15, -0.1) is 12.4 Å². The average molecular weight is 190 g/mol. The summed E-state index contributed by atoms with van der Waals surface area (Å²) in [4.78, 5) is 10.4. The monoisotopic (exact) mass is 189 g/mol.